The Hall–Kier alpha value is -0.0400. The lowest BCUT2D eigenvalue weighted by molar-refractivity contribution is 0.180. The van der Waals surface area contributed by atoms with Crippen LogP contribution in [-0.4, -0.2) is 11.2 Å². The van der Waals surface area contributed by atoms with E-state index >= 15 is 0 Å². The summed E-state index contributed by atoms with van der Waals surface area (Å²) in [5.41, 5.74) is 0. The third kappa shape index (κ3) is 13.9. The molecule has 0 aliphatic carbocycles. The van der Waals surface area contributed by atoms with E-state index in [0.717, 1.165) is 12.3 Å². The molecule has 0 spiro atoms. The monoisotopic (exact) mass is 242 g/mol. The van der Waals surface area contributed by atoms with Crippen LogP contribution in [0.25, 0.3) is 0 Å². The summed E-state index contributed by atoms with van der Waals surface area (Å²) in [4.78, 5) is 0. The van der Waals surface area contributed by atoms with Gasteiger partial charge in [0.05, 0.1) is 6.10 Å². The van der Waals surface area contributed by atoms with Crippen molar-refractivity contribution in [2.24, 2.45) is 5.92 Å². The smallest absolute Gasteiger partial charge is 0.0512 e. The second-order valence-electron chi connectivity index (χ2n) is 5.80. The highest BCUT2D eigenvalue weighted by molar-refractivity contribution is 4.56. The number of hydrogen-bond donors (Lipinski definition) is 1. The van der Waals surface area contributed by atoms with Crippen LogP contribution in [0.3, 0.4) is 0 Å². The molecule has 0 aromatic rings. The highest BCUT2D eigenvalue weighted by Gasteiger charge is 2.02. The van der Waals surface area contributed by atoms with E-state index in [2.05, 4.69) is 13.8 Å². The minimum absolute atomic E-state index is 0.106. The van der Waals surface area contributed by atoms with E-state index in [1.807, 2.05) is 6.92 Å². The molecule has 0 rings (SSSR count). The zero-order valence-electron chi connectivity index (χ0n) is 12.4. The van der Waals surface area contributed by atoms with E-state index in [4.69, 9.17) is 5.11 Å². The molecule has 1 nitrogen and oxygen atoms in total. The second-order valence-corrected chi connectivity index (χ2v) is 5.80. The molecule has 0 heterocycles. The first kappa shape index (κ1) is 17.0. The topological polar surface area (TPSA) is 20.2 Å². The van der Waals surface area contributed by atoms with Crippen LogP contribution in [0.15, 0.2) is 0 Å². The maximum absolute atomic E-state index is 9.15. The summed E-state index contributed by atoms with van der Waals surface area (Å²) in [5, 5.41) is 9.15. The lowest BCUT2D eigenvalue weighted by atomic mass is 9.96. The molecule has 0 amide bonds. The predicted octanol–water partition coefficient (Wildman–Crippen LogP) is 5.31. The molecule has 0 aliphatic rings. The molecule has 0 radical (unpaired) electrons. The fourth-order valence-electron chi connectivity index (χ4n) is 2.35. The summed E-state index contributed by atoms with van der Waals surface area (Å²) in [6.07, 6.45) is 14.6. The van der Waals surface area contributed by atoms with Crippen molar-refractivity contribution in [2.45, 2.75) is 97.5 Å². The number of aliphatic hydroxyl groups is 1. The van der Waals surface area contributed by atoms with Gasteiger partial charge in [-0.05, 0) is 19.3 Å². The van der Waals surface area contributed by atoms with E-state index in [-0.39, 0.29) is 6.10 Å². The van der Waals surface area contributed by atoms with Gasteiger partial charge in [0.2, 0.25) is 0 Å². The molecule has 0 saturated heterocycles. The van der Waals surface area contributed by atoms with Gasteiger partial charge in [0.15, 0.2) is 0 Å². The van der Waals surface area contributed by atoms with Crippen LogP contribution < -0.4 is 0 Å². The van der Waals surface area contributed by atoms with Crippen LogP contribution in [0.2, 0.25) is 0 Å². The zero-order valence-corrected chi connectivity index (χ0v) is 12.4. The molecule has 0 aromatic heterocycles. The molecule has 1 N–H and O–H groups in total. The SMILES string of the molecule is CCCCCCCC(C)CCCCCC(C)O. The third-order valence-electron chi connectivity index (χ3n) is 3.62. The van der Waals surface area contributed by atoms with Crippen molar-refractivity contribution in [3.63, 3.8) is 0 Å². The van der Waals surface area contributed by atoms with Crippen molar-refractivity contribution >= 4 is 0 Å². The Morgan fingerprint density at radius 3 is 1.71 bits per heavy atom. The molecule has 0 aliphatic heterocycles. The molecule has 0 aromatic carbocycles. The van der Waals surface area contributed by atoms with Crippen molar-refractivity contribution in [1.82, 2.24) is 0 Å². The Labute approximate surface area is 109 Å². The number of rotatable bonds is 12. The maximum atomic E-state index is 9.15. The maximum Gasteiger partial charge on any atom is 0.0512 e. The summed E-state index contributed by atoms with van der Waals surface area (Å²) in [6, 6.07) is 0. The van der Waals surface area contributed by atoms with E-state index < -0.39 is 0 Å². The summed E-state index contributed by atoms with van der Waals surface area (Å²) in [7, 11) is 0. The van der Waals surface area contributed by atoms with E-state index in [0.29, 0.717) is 0 Å². The molecule has 0 saturated carbocycles. The highest BCUT2D eigenvalue weighted by Crippen LogP contribution is 2.17. The van der Waals surface area contributed by atoms with Crippen molar-refractivity contribution in [3.8, 4) is 0 Å². The Bertz CT molecular complexity index is 142. The van der Waals surface area contributed by atoms with Crippen molar-refractivity contribution < 1.29 is 5.11 Å². The van der Waals surface area contributed by atoms with Crippen LogP contribution in [0.4, 0.5) is 0 Å². The highest BCUT2D eigenvalue weighted by atomic mass is 16.3. The number of hydrogen-bond acceptors (Lipinski definition) is 1. The van der Waals surface area contributed by atoms with Crippen molar-refractivity contribution in [1.29, 1.82) is 0 Å². The van der Waals surface area contributed by atoms with E-state index in [1.54, 1.807) is 0 Å². The van der Waals surface area contributed by atoms with Crippen LogP contribution in [-0.2, 0) is 0 Å². The molecule has 1 heteroatoms. The minimum Gasteiger partial charge on any atom is -0.393 e. The zero-order chi connectivity index (χ0) is 12.9. The molecular weight excluding hydrogens is 208 g/mol. The molecule has 0 fully saturated rings. The van der Waals surface area contributed by atoms with Crippen LogP contribution in [0.1, 0.15) is 91.4 Å². The molecular formula is C16H34O. The second kappa shape index (κ2) is 12.4. The molecule has 2 unspecified atom stereocenters. The van der Waals surface area contributed by atoms with Gasteiger partial charge < -0.3 is 5.11 Å². The van der Waals surface area contributed by atoms with E-state index in [1.165, 1.54) is 64.2 Å². The first-order valence-electron chi connectivity index (χ1n) is 7.84. The van der Waals surface area contributed by atoms with Gasteiger partial charge in [-0.1, -0.05) is 78.1 Å². The first-order chi connectivity index (χ1) is 8.16. The minimum atomic E-state index is -0.106. The standard InChI is InChI=1S/C16H34O/c1-4-5-6-7-9-12-15(2)13-10-8-11-14-16(3)17/h15-17H,4-14H2,1-3H3. The van der Waals surface area contributed by atoms with Gasteiger partial charge in [-0.2, -0.15) is 0 Å². The van der Waals surface area contributed by atoms with Crippen molar-refractivity contribution in [2.75, 3.05) is 0 Å². The Morgan fingerprint density at radius 2 is 1.18 bits per heavy atom. The van der Waals surface area contributed by atoms with Gasteiger partial charge in [-0.25, -0.2) is 0 Å². The first-order valence-corrected chi connectivity index (χ1v) is 7.84. The molecule has 104 valence electrons. The third-order valence-corrected chi connectivity index (χ3v) is 3.62. The van der Waals surface area contributed by atoms with Crippen LogP contribution in [0, 0.1) is 5.92 Å². The average molecular weight is 242 g/mol. The largest absolute Gasteiger partial charge is 0.393 e. The van der Waals surface area contributed by atoms with Gasteiger partial charge in [-0.15, -0.1) is 0 Å². The van der Waals surface area contributed by atoms with Crippen LogP contribution in [0.5, 0.6) is 0 Å². The van der Waals surface area contributed by atoms with Gasteiger partial charge in [0.25, 0.3) is 0 Å². The predicted molar refractivity (Wildman–Crippen MR) is 77.3 cm³/mol. The van der Waals surface area contributed by atoms with Gasteiger partial charge in [0.1, 0.15) is 0 Å². The van der Waals surface area contributed by atoms with Gasteiger partial charge in [0, 0.05) is 0 Å². The Morgan fingerprint density at radius 1 is 0.706 bits per heavy atom. The Balaban J connectivity index is 3.14. The lowest BCUT2D eigenvalue weighted by Crippen LogP contribution is -1.99. The summed E-state index contributed by atoms with van der Waals surface area (Å²) >= 11 is 0. The molecule has 2 atom stereocenters. The summed E-state index contributed by atoms with van der Waals surface area (Å²) in [6.45, 7) is 6.56. The Kier molecular flexibility index (Phi) is 12.4. The number of aliphatic hydroxyl groups excluding tert-OH is 1. The summed E-state index contributed by atoms with van der Waals surface area (Å²) in [5.74, 6) is 0.906. The van der Waals surface area contributed by atoms with Gasteiger partial charge >= 0.3 is 0 Å². The quantitative estimate of drug-likeness (QED) is 0.460. The fourth-order valence-corrected chi connectivity index (χ4v) is 2.35. The number of unbranched alkanes of at least 4 members (excludes halogenated alkanes) is 6. The van der Waals surface area contributed by atoms with E-state index in [9.17, 15) is 0 Å². The summed E-state index contributed by atoms with van der Waals surface area (Å²) < 4.78 is 0. The molecule has 17 heavy (non-hydrogen) atoms. The lowest BCUT2D eigenvalue weighted by Gasteiger charge is -2.11. The average Bonchev–Trinajstić information content (AvgIpc) is 2.28. The van der Waals surface area contributed by atoms with Crippen LogP contribution >= 0.6 is 0 Å². The molecule has 0 bridgehead atoms. The van der Waals surface area contributed by atoms with Gasteiger partial charge in [-0.3, -0.25) is 0 Å². The fraction of sp³-hybridized carbons (Fsp3) is 1.00. The normalized spacial score (nSPS) is 14.8. The van der Waals surface area contributed by atoms with Crippen molar-refractivity contribution in [3.05, 3.63) is 0 Å².